The van der Waals surface area contributed by atoms with Crippen LogP contribution in [-0.2, 0) is 0 Å². The Balaban J connectivity index is 0.000000752. The van der Waals surface area contributed by atoms with Crippen LogP contribution in [0.5, 0.6) is 0 Å². The van der Waals surface area contributed by atoms with Gasteiger partial charge in [-0.3, -0.25) is 9.38 Å². The fraction of sp³-hybridized carbons (Fsp3) is 0.304. The number of halogens is 2. The second-order valence-electron chi connectivity index (χ2n) is 5.13. The molecule has 0 aliphatic rings. The van der Waals surface area contributed by atoms with E-state index in [1.807, 2.05) is 69.5 Å². The Morgan fingerprint density at radius 2 is 1.76 bits per heavy atom. The molecule has 3 rings (SSSR count). The zero-order valence-corrected chi connectivity index (χ0v) is 19.7. The van der Waals surface area contributed by atoms with Crippen molar-refractivity contribution in [3.63, 3.8) is 0 Å². The smallest absolute Gasteiger partial charge is 0.157 e. The van der Waals surface area contributed by atoms with Crippen molar-refractivity contribution in [1.82, 2.24) is 14.4 Å². The molecule has 0 amide bonds. The zero-order chi connectivity index (χ0) is 22.1. The minimum atomic E-state index is 0.617. The van der Waals surface area contributed by atoms with E-state index >= 15 is 0 Å². The second kappa shape index (κ2) is 16.6. The number of rotatable bonds is 4. The molecule has 0 aliphatic carbocycles. The van der Waals surface area contributed by atoms with Crippen molar-refractivity contribution in [2.24, 2.45) is 0 Å². The monoisotopic (exact) mass is 434 g/mol. The molecule has 0 atom stereocenters. The van der Waals surface area contributed by atoms with Gasteiger partial charge in [0.2, 0.25) is 0 Å². The van der Waals surface area contributed by atoms with Crippen LogP contribution in [-0.4, -0.2) is 20.9 Å². The van der Waals surface area contributed by atoms with E-state index in [9.17, 15) is 0 Å². The lowest BCUT2D eigenvalue weighted by atomic mass is 10.1. The number of aromatic nitrogens is 3. The van der Waals surface area contributed by atoms with Crippen molar-refractivity contribution in [3.05, 3.63) is 71.6 Å². The molecule has 0 saturated heterocycles. The Kier molecular flexibility index (Phi) is 15.3. The lowest BCUT2D eigenvalue weighted by Crippen LogP contribution is -2.02. The Morgan fingerprint density at radius 1 is 1.14 bits per heavy atom. The normalized spacial score (nSPS) is 10.3. The van der Waals surface area contributed by atoms with Crippen molar-refractivity contribution in [2.75, 3.05) is 11.9 Å². The molecule has 4 nitrogen and oxygen atoms in total. The van der Waals surface area contributed by atoms with Crippen LogP contribution in [0.1, 0.15) is 41.5 Å². The van der Waals surface area contributed by atoms with Crippen LogP contribution in [0.3, 0.4) is 0 Å². The minimum Gasteiger partial charge on any atom is -0.366 e. The number of hydrogen-bond donors (Lipinski definition) is 1. The minimum absolute atomic E-state index is 0.617. The third-order valence-electron chi connectivity index (χ3n) is 3.25. The molecule has 29 heavy (non-hydrogen) atoms. The summed E-state index contributed by atoms with van der Waals surface area (Å²) in [5.74, 6) is 0.992. The SMILES string of the molecule is C/C(Cl)=C/Cl.C/C=C\CNc1c(-c2ccccc2)nc2cnccn12.CC.CC. The molecule has 0 aliphatic heterocycles. The third-order valence-corrected chi connectivity index (χ3v) is 3.80. The molecule has 1 N–H and O–H groups in total. The summed E-state index contributed by atoms with van der Waals surface area (Å²) in [5.41, 5.74) is 4.21. The lowest BCUT2D eigenvalue weighted by Gasteiger charge is -2.06. The van der Waals surface area contributed by atoms with E-state index in [-0.39, 0.29) is 0 Å². The summed E-state index contributed by atoms with van der Waals surface area (Å²) in [7, 11) is 0. The molecule has 0 radical (unpaired) electrons. The largest absolute Gasteiger partial charge is 0.366 e. The molecule has 1 aromatic carbocycles. The Labute approximate surface area is 185 Å². The van der Waals surface area contributed by atoms with Crippen LogP contribution < -0.4 is 5.32 Å². The van der Waals surface area contributed by atoms with Gasteiger partial charge in [-0.2, -0.15) is 0 Å². The van der Waals surface area contributed by atoms with Gasteiger partial charge in [-0.15, -0.1) is 0 Å². The summed E-state index contributed by atoms with van der Waals surface area (Å²) in [5, 5.41) is 4.04. The fourth-order valence-electron chi connectivity index (χ4n) is 2.15. The Hall–Kier alpha value is -2.30. The van der Waals surface area contributed by atoms with Gasteiger partial charge in [0.1, 0.15) is 11.5 Å². The average Bonchev–Trinajstić information content (AvgIpc) is 3.16. The predicted octanol–water partition coefficient (Wildman–Crippen LogP) is 7.76. The number of fused-ring (bicyclic) bond motifs is 1. The first-order valence-electron chi connectivity index (χ1n) is 9.82. The molecule has 0 fully saturated rings. The summed E-state index contributed by atoms with van der Waals surface area (Å²) in [6.07, 6.45) is 9.57. The first kappa shape index (κ1) is 26.7. The summed E-state index contributed by atoms with van der Waals surface area (Å²) in [6.45, 7) is 12.5. The molecule has 158 valence electrons. The number of benzene rings is 1. The van der Waals surface area contributed by atoms with Gasteiger partial charge < -0.3 is 5.32 Å². The van der Waals surface area contributed by atoms with Crippen LogP contribution in [0.15, 0.2) is 71.6 Å². The molecule has 0 bridgehead atoms. The Bertz CT molecular complexity index is 852. The van der Waals surface area contributed by atoms with Crippen LogP contribution in [0.4, 0.5) is 5.82 Å². The number of nitrogens with zero attached hydrogens (tertiary/aromatic N) is 3. The molecule has 0 unspecified atom stereocenters. The van der Waals surface area contributed by atoms with E-state index in [0.717, 1.165) is 29.3 Å². The summed E-state index contributed by atoms with van der Waals surface area (Å²) in [4.78, 5) is 8.81. The average molecular weight is 435 g/mol. The predicted molar refractivity (Wildman–Crippen MR) is 130 cm³/mol. The van der Waals surface area contributed by atoms with Gasteiger partial charge in [-0.1, -0.05) is 93.4 Å². The van der Waals surface area contributed by atoms with Gasteiger partial charge in [0, 0.05) is 35.1 Å². The molecular formula is C23H32Cl2N4. The first-order chi connectivity index (χ1) is 14.2. The molecule has 2 aromatic heterocycles. The van der Waals surface area contributed by atoms with Crippen molar-refractivity contribution in [2.45, 2.75) is 41.5 Å². The molecule has 0 spiro atoms. The van der Waals surface area contributed by atoms with Crippen LogP contribution in [0.2, 0.25) is 0 Å². The highest BCUT2D eigenvalue weighted by Crippen LogP contribution is 2.28. The number of nitrogens with one attached hydrogen (secondary N) is 1. The summed E-state index contributed by atoms with van der Waals surface area (Å²) >= 11 is 10.2. The van der Waals surface area contributed by atoms with Gasteiger partial charge in [0.25, 0.3) is 0 Å². The van der Waals surface area contributed by atoms with E-state index in [0.29, 0.717) is 5.03 Å². The first-order valence-corrected chi connectivity index (χ1v) is 10.6. The van der Waals surface area contributed by atoms with Crippen molar-refractivity contribution >= 4 is 34.7 Å². The zero-order valence-electron chi connectivity index (χ0n) is 18.2. The standard InChI is InChI=1S/C16H16N4.C3H4Cl2.2C2H6/c1-2-3-9-18-16-15(13-7-5-4-6-8-13)19-14-12-17-10-11-20(14)16;1-3(5)2-4;2*1-2/h2-8,10-12,18H,9H2,1H3;2H,1H3;2*1-2H3/b2*3-2-;;. The van der Waals surface area contributed by atoms with Gasteiger partial charge in [0.15, 0.2) is 5.65 Å². The van der Waals surface area contributed by atoms with Crippen LogP contribution in [0, 0.1) is 0 Å². The molecule has 2 heterocycles. The molecule has 6 heteroatoms. The van der Waals surface area contributed by atoms with E-state index in [4.69, 9.17) is 23.2 Å². The molecule has 0 saturated carbocycles. The Morgan fingerprint density at radius 3 is 2.31 bits per heavy atom. The maximum Gasteiger partial charge on any atom is 0.157 e. The van der Waals surface area contributed by atoms with Crippen molar-refractivity contribution in [3.8, 4) is 11.3 Å². The van der Waals surface area contributed by atoms with Crippen LogP contribution >= 0.6 is 23.2 Å². The van der Waals surface area contributed by atoms with Gasteiger partial charge in [0.05, 0.1) is 6.20 Å². The van der Waals surface area contributed by atoms with E-state index in [1.54, 1.807) is 19.3 Å². The van der Waals surface area contributed by atoms with Gasteiger partial charge >= 0.3 is 0 Å². The number of allylic oxidation sites excluding steroid dienone is 2. The van der Waals surface area contributed by atoms with E-state index in [1.165, 1.54) is 5.54 Å². The van der Waals surface area contributed by atoms with E-state index in [2.05, 4.69) is 33.5 Å². The maximum atomic E-state index is 5.19. The van der Waals surface area contributed by atoms with E-state index < -0.39 is 0 Å². The third kappa shape index (κ3) is 9.16. The van der Waals surface area contributed by atoms with Crippen molar-refractivity contribution in [1.29, 1.82) is 0 Å². The number of imidazole rings is 1. The summed E-state index contributed by atoms with van der Waals surface area (Å²) in [6, 6.07) is 10.2. The topological polar surface area (TPSA) is 42.2 Å². The number of anilines is 1. The quantitative estimate of drug-likeness (QED) is 0.426. The van der Waals surface area contributed by atoms with Gasteiger partial charge in [-0.05, 0) is 13.8 Å². The lowest BCUT2D eigenvalue weighted by molar-refractivity contribution is 1.11. The highest BCUT2D eigenvalue weighted by Gasteiger charge is 2.12. The van der Waals surface area contributed by atoms with Gasteiger partial charge in [-0.25, -0.2) is 4.98 Å². The molecule has 3 aromatic rings. The van der Waals surface area contributed by atoms with Crippen LogP contribution in [0.25, 0.3) is 16.9 Å². The summed E-state index contributed by atoms with van der Waals surface area (Å²) < 4.78 is 2.03. The fourth-order valence-corrected chi connectivity index (χ4v) is 2.15. The highest BCUT2D eigenvalue weighted by molar-refractivity contribution is 6.36. The second-order valence-corrected chi connectivity index (χ2v) is 5.94. The highest BCUT2D eigenvalue weighted by atomic mass is 35.5. The molecular weight excluding hydrogens is 403 g/mol. The van der Waals surface area contributed by atoms with Crippen molar-refractivity contribution < 1.29 is 0 Å². The maximum absolute atomic E-state index is 5.19. The number of hydrogen-bond acceptors (Lipinski definition) is 3.